The van der Waals surface area contributed by atoms with Gasteiger partial charge in [-0.1, -0.05) is 19.9 Å². The number of carbonyl (C=O) groups is 2. The van der Waals surface area contributed by atoms with Gasteiger partial charge >= 0.3 is 17.7 Å². The van der Waals surface area contributed by atoms with Crippen LogP contribution in [-0.2, 0) is 16.0 Å². The van der Waals surface area contributed by atoms with E-state index in [0.29, 0.717) is 5.56 Å². The molecule has 0 bridgehead atoms. The number of nitrogens with one attached hydrogen (secondary N) is 1. The molecule has 0 saturated heterocycles. The highest BCUT2D eigenvalue weighted by molar-refractivity contribution is 5.80. The lowest BCUT2D eigenvalue weighted by Crippen LogP contribution is -2.44. The number of nitrogens with zero attached hydrogens (tertiary/aromatic N) is 1. The fourth-order valence-corrected chi connectivity index (χ4v) is 2.20. The second-order valence-electron chi connectivity index (χ2n) is 7.20. The molecule has 0 aliphatic carbocycles. The molecule has 0 fully saturated rings. The second-order valence-corrected chi connectivity index (χ2v) is 7.20. The molecule has 0 aromatic heterocycles. The van der Waals surface area contributed by atoms with Crippen molar-refractivity contribution in [3.63, 3.8) is 0 Å². The first-order valence-corrected chi connectivity index (χ1v) is 8.04. The van der Waals surface area contributed by atoms with Gasteiger partial charge in [-0.3, -0.25) is 10.1 Å². The van der Waals surface area contributed by atoms with Crippen LogP contribution in [0.15, 0.2) is 12.1 Å². The standard InChI is InChI=1S/C17H24N2O7/c1-9(2)10-6-11(14(20)13(8-10)19(24)25)7-12(15(21)22)18-16(23)26-17(3,4)5/h6,8-9,12,20H,7H2,1-5H3,(H,18,23)(H,21,22). The van der Waals surface area contributed by atoms with Crippen molar-refractivity contribution in [3.8, 4) is 5.75 Å². The molecule has 144 valence electrons. The number of nitro groups is 1. The molecular weight excluding hydrogens is 344 g/mol. The Morgan fingerprint density at radius 1 is 1.31 bits per heavy atom. The molecule has 1 aromatic carbocycles. The molecule has 0 aliphatic rings. The number of amides is 1. The fraction of sp³-hybridized carbons (Fsp3) is 0.529. The van der Waals surface area contributed by atoms with Gasteiger partial charge in [0.25, 0.3) is 0 Å². The Morgan fingerprint density at radius 2 is 1.88 bits per heavy atom. The average molecular weight is 368 g/mol. The van der Waals surface area contributed by atoms with Gasteiger partial charge in [0.1, 0.15) is 11.6 Å². The largest absolute Gasteiger partial charge is 0.502 e. The molecule has 0 spiro atoms. The van der Waals surface area contributed by atoms with E-state index >= 15 is 0 Å². The zero-order valence-electron chi connectivity index (χ0n) is 15.4. The highest BCUT2D eigenvalue weighted by atomic mass is 16.6. The first-order chi connectivity index (χ1) is 11.8. The Balaban J connectivity index is 3.17. The van der Waals surface area contributed by atoms with E-state index in [1.807, 2.05) is 13.8 Å². The van der Waals surface area contributed by atoms with Crippen molar-refractivity contribution in [1.29, 1.82) is 0 Å². The molecule has 1 unspecified atom stereocenters. The third-order valence-corrected chi connectivity index (χ3v) is 3.47. The third-order valence-electron chi connectivity index (χ3n) is 3.47. The van der Waals surface area contributed by atoms with Crippen LogP contribution in [0, 0.1) is 10.1 Å². The molecule has 3 N–H and O–H groups in total. The number of hydrogen-bond acceptors (Lipinski definition) is 6. The molecular formula is C17H24N2O7. The number of carboxylic acids is 1. The molecule has 0 saturated carbocycles. The van der Waals surface area contributed by atoms with E-state index in [0.717, 1.165) is 0 Å². The highest BCUT2D eigenvalue weighted by Crippen LogP contribution is 2.34. The zero-order chi connectivity index (χ0) is 20.2. The summed E-state index contributed by atoms with van der Waals surface area (Å²) in [5, 5.41) is 32.8. The van der Waals surface area contributed by atoms with E-state index in [4.69, 9.17) is 4.74 Å². The van der Waals surface area contributed by atoms with E-state index in [2.05, 4.69) is 5.32 Å². The molecule has 1 amide bonds. The van der Waals surface area contributed by atoms with Crippen LogP contribution in [0.5, 0.6) is 5.75 Å². The molecule has 9 heteroatoms. The average Bonchev–Trinajstić information content (AvgIpc) is 2.45. The zero-order valence-corrected chi connectivity index (χ0v) is 15.4. The summed E-state index contributed by atoms with van der Waals surface area (Å²) in [7, 11) is 0. The Labute approximate surface area is 151 Å². The van der Waals surface area contributed by atoms with E-state index in [1.165, 1.54) is 12.1 Å². The number of ether oxygens (including phenoxy) is 1. The number of phenols is 1. The summed E-state index contributed by atoms with van der Waals surface area (Å²) >= 11 is 0. The Kier molecular flexibility index (Phi) is 6.55. The smallest absolute Gasteiger partial charge is 0.408 e. The van der Waals surface area contributed by atoms with Gasteiger partial charge in [0.2, 0.25) is 0 Å². The number of carboxylic acid groups (broad SMARTS) is 1. The lowest BCUT2D eigenvalue weighted by molar-refractivity contribution is -0.386. The quantitative estimate of drug-likeness (QED) is 0.518. The summed E-state index contributed by atoms with van der Waals surface area (Å²) in [4.78, 5) is 33.7. The molecule has 0 radical (unpaired) electrons. The van der Waals surface area contributed by atoms with E-state index in [9.17, 15) is 29.9 Å². The number of aliphatic carboxylic acids is 1. The van der Waals surface area contributed by atoms with Crippen molar-refractivity contribution >= 4 is 17.7 Å². The number of alkyl carbamates (subject to hydrolysis) is 1. The summed E-state index contributed by atoms with van der Waals surface area (Å²) in [6, 6.07) is 1.33. The second kappa shape index (κ2) is 8.03. The summed E-state index contributed by atoms with van der Waals surface area (Å²) in [6.45, 7) is 8.51. The molecule has 1 rings (SSSR count). The van der Waals surface area contributed by atoms with Crippen molar-refractivity contribution in [2.45, 2.75) is 58.6 Å². The fourth-order valence-electron chi connectivity index (χ4n) is 2.20. The van der Waals surface area contributed by atoms with Crippen LogP contribution in [0.4, 0.5) is 10.5 Å². The van der Waals surface area contributed by atoms with Gasteiger partial charge in [0.15, 0.2) is 5.75 Å². The van der Waals surface area contributed by atoms with Crippen molar-refractivity contribution in [1.82, 2.24) is 5.32 Å². The van der Waals surface area contributed by atoms with Gasteiger partial charge < -0.3 is 20.3 Å². The first kappa shape index (κ1) is 21.2. The number of hydrogen-bond donors (Lipinski definition) is 3. The summed E-state index contributed by atoms with van der Waals surface area (Å²) in [5.41, 5.74) is -0.684. The summed E-state index contributed by atoms with van der Waals surface area (Å²) in [5.74, 6) is -2.04. The number of rotatable bonds is 6. The molecule has 26 heavy (non-hydrogen) atoms. The van der Waals surface area contributed by atoms with Crippen molar-refractivity contribution in [2.24, 2.45) is 0 Å². The maximum Gasteiger partial charge on any atom is 0.408 e. The minimum atomic E-state index is -1.42. The van der Waals surface area contributed by atoms with Crippen molar-refractivity contribution in [2.75, 3.05) is 0 Å². The van der Waals surface area contributed by atoms with Crippen LogP contribution in [0.3, 0.4) is 0 Å². The predicted molar refractivity (Wildman–Crippen MR) is 93.3 cm³/mol. The third kappa shape index (κ3) is 5.91. The predicted octanol–water partition coefficient (Wildman–Crippen LogP) is 2.94. The first-order valence-electron chi connectivity index (χ1n) is 8.04. The van der Waals surface area contributed by atoms with Gasteiger partial charge in [-0.05, 0) is 32.3 Å². The van der Waals surface area contributed by atoms with Gasteiger partial charge in [0.05, 0.1) is 4.92 Å². The van der Waals surface area contributed by atoms with Crippen LogP contribution >= 0.6 is 0 Å². The number of phenolic OH excluding ortho intramolecular Hbond substituents is 1. The Morgan fingerprint density at radius 3 is 2.31 bits per heavy atom. The minimum absolute atomic E-state index is 0.0614. The normalized spacial score (nSPS) is 12.5. The van der Waals surface area contributed by atoms with Gasteiger partial charge in [-0.25, -0.2) is 9.59 Å². The van der Waals surface area contributed by atoms with Crippen LogP contribution in [-0.4, -0.2) is 38.8 Å². The van der Waals surface area contributed by atoms with Crippen LogP contribution in [0.2, 0.25) is 0 Å². The Bertz CT molecular complexity index is 708. The monoisotopic (exact) mass is 368 g/mol. The van der Waals surface area contributed by atoms with E-state index in [-0.39, 0.29) is 17.9 Å². The molecule has 1 aromatic rings. The van der Waals surface area contributed by atoms with Crippen molar-refractivity contribution < 1.29 is 29.5 Å². The lowest BCUT2D eigenvalue weighted by atomic mass is 9.95. The summed E-state index contributed by atoms with van der Waals surface area (Å²) in [6.07, 6.45) is -1.26. The molecule has 0 aliphatic heterocycles. The van der Waals surface area contributed by atoms with Crippen LogP contribution < -0.4 is 5.32 Å². The maximum atomic E-state index is 11.8. The van der Waals surface area contributed by atoms with E-state index in [1.54, 1.807) is 20.8 Å². The molecule has 9 nitrogen and oxygen atoms in total. The van der Waals surface area contributed by atoms with Gasteiger partial charge in [0, 0.05) is 18.1 Å². The molecule has 0 heterocycles. The SMILES string of the molecule is CC(C)c1cc(CC(NC(=O)OC(C)(C)C)C(=O)O)c(O)c([N+](=O)[O-])c1. The minimum Gasteiger partial charge on any atom is -0.502 e. The number of benzene rings is 1. The molecule has 1 atom stereocenters. The van der Waals surface area contributed by atoms with Crippen LogP contribution in [0.1, 0.15) is 51.7 Å². The van der Waals surface area contributed by atoms with Crippen molar-refractivity contribution in [3.05, 3.63) is 33.4 Å². The highest BCUT2D eigenvalue weighted by Gasteiger charge is 2.28. The van der Waals surface area contributed by atoms with Crippen LogP contribution in [0.25, 0.3) is 0 Å². The topological polar surface area (TPSA) is 139 Å². The summed E-state index contributed by atoms with van der Waals surface area (Å²) < 4.78 is 5.03. The number of aromatic hydroxyl groups is 1. The van der Waals surface area contributed by atoms with Gasteiger partial charge in [-0.2, -0.15) is 0 Å². The lowest BCUT2D eigenvalue weighted by Gasteiger charge is -2.22. The Hall–Kier alpha value is -2.84. The number of nitro benzene ring substituents is 1. The maximum absolute atomic E-state index is 11.8. The van der Waals surface area contributed by atoms with E-state index < -0.39 is 40.1 Å². The number of carbonyl (C=O) groups excluding carboxylic acids is 1. The van der Waals surface area contributed by atoms with Gasteiger partial charge in [-0.15, -0.1) is 0 Å².